The van der Waals surface area contributed by atoms with Gasteiger partial charge in [-0.15, -0.1) is 0 Å². The quantitative estimate of drug-likeness (QED) is 0.808. The predicted molar refractivity (Wildman–Crippen MR) is 65.7 cm³/mol. The molecule has 0 radical (unpaired) electrons. The number of carboxylic acids is 1. The molecule has 1 atom stereocenters. The lowest BCUT2D eigenvalue weighted by Gasteiger charge is -2.18. The van der Waals surface area contributed by atoms with Crippen molar-refractivity contribution in [3.8, 4) is 0 Å². The van der Waals surface area contributed by atoms with Gasteiger partial charge >= 0.3 is 5.97 Å². The number of hydrogen-bond donors (Lipinski definition) is 1. The molecule has 1 rings (SSSR count). The van der Waals surface area contributed by atoms with E-state index in [1.54, 1.807) is 6.92 Å². The first kappa shape index (κ1) is 13.7. The second kappa shape index (κ2) is 5.82. The van der Waals surface area contributed by atoms with Crippen LogP contribution in [0.15, 0.2) is 6.07 Å². The van der Waals surface area contributed by atoms with Crippen LogP contribution >= 0.6 is 0 Å². The lowest BCUT2D eigenvalue weighted by molar-refractivity contribution is -0.141. The number of nitrogens with zero attached hydrogens (tertiary/aromatic N) is 3. The molecule has 17 heavy (non-hydrogen) atoms. The van der Waals surface area contributed by atoms with Crippen LogP contribution in [0.3, 0.4) is 0 Å². The Hall–Kier alpha value is -1.36. The monoisotopic (exact) mass is 239 g/mol. The van der Waals surface area contributed by atoms with Crippen molar-refractivity contribution in [2.75, 3.05) is 13.6 Å². The largest absolute Gasteiger partial charge is 0.481 e. The number of rotatable bonds is 6. The summed E-state index contributed by atoms with van der Waals surface area (Å²) in [5.41, 5.74) is 2.18. The van der Waals surface area contributed by atoms with Crippen LogP contribution in [0.4, 0.5) is 0 Å². The van der Waals surface area contributed by atoms with Crippen LogP contribution in [0.1, 0.15) is 25.2 Å². The van der Waals surface area contributed by atoms with Gasteiger partial charge in [-0.25, -0.2) is 0 Å². The highest BCUT2D eigenvalue weighted by atomic mass is 16.4. The summed E-state index contributed by atoms with van der Waals surface area (Å²) in [5, 5.41) is 13.2. The van der Waals surface area contributed by atoms with Gasteiger partial charge in [-0.3, -0.25) is 14.4 Å². The van der Waals surface area contributed by atoms with Crippen LogP contribution in [0, 0.1) is 5.92 Å². The SMILES string of the molecule is CCc1cc(CN(C)CC(C)C(=O)O)n(C)n1. The number of carbonyl (C=O) groups is 1. The summed E-state index contributed by atoms with van der Waals surface area (Å²) >= 11 is 0. The van der Waals surface area contributed by atoms with Crippen molar-refractivity contribution in [1.82, 2.24) is 14.7 Å². The topological polar surface area (TPSA) is 58.4 Å². The normalized spacial score (nSPS) is 13.0. The second-order valence-corrected chi connectivity index (χ2v) is 4.54. The van der Waals surface area contributed by atoms with Gasteiger partial charge < -0.3 is 5.11 Å². The zero-order valence-electron chi connectivity index (χ0n) is 11.0. The van der Waals surface area contributed by atoms with Crippen molar-refractivity contribution in [3.63, 3.8) is 0 Å². The Morgan fingerprint density at radius 2 is 2.29 bits per heavy atom. The summed E-state index contributed by atoms with van der Waals surface area (Å²) in [6, 6.07) is 2.07. The minimum absolute atomic E-state index is 0.348. The Morgan fingerprint density at radius 3 is 2.76 bits per heavy atom. The molecule has 1 N–H and O–H groups in total. The molecule has 0 aliphatic carbocycles. The van der Waals surface area contributed by atoms with Crippen molar-refractivity contribution in [3.05, 3.63) is 17.5 Å². The summed E-state index contributed by atoms with van der Waals surface area (Å²) in [7, 11) is 3.85. The van der Waals surface area contributed by atoms with Gasteiger partial charge in [-0.1, -0.05) is 13.8 Å². The molecule has 0 bridgehead atoms. The number of aryl methyl sites for hydroxylation is 2. The fraction of sp³-hybridized carbons (Fsp3) is 0.667. The van der Waals surface area contributed by atoms with Gasteiger partial charge in [-0.2, -0.15) is 5.10 Å². The van der Waals surface area contributed by atoms with Gasteiger partial charge in [0.05, 0.1) is 17.3 Å². The van der Waals surface area contributed by atoms with Crippen LogP contribution in [-0.2, 0) is 24.8 Å². The third-order valence-corrected chi connectivity index (χ3v) is 2.83. The molecule has 1 heterocycles. The molecule has 0 aromatic carbocycles. The summed E-state index contributed by atoms with van der Waals surface area (Å²) in [5.74, 6) is -1.10. The Kier molecular flexibility index (Phi) is 4.69. The smallest absolute Gasteiger partial charge is 0.307 e. The zero-order chi connectivity index (χ0) is 13.0. The molecule has 1 aromatic heterocycles. The van der Waals surface area contributed by atoms with E-state index in [2.05, 4.69) is 18.1 Å². The van der Waals surface area contributed by atoms with E-state index in [1.165, 1.54) is 0 Å². The van der Waals surface area contributed by atoms with E-state index < -0.39 is 5.97 Å². The molecule has 96 valence electrons. The molecule has 0 fully saturated rings. The fourth-order valence-corrected chi connectivity index (χ4v) is 1.78. The van der Waals surface area contributed by atoms with Gasteiger partial charge in [0.15, 0.2) is 0 Å². The van der Waals surface area contributed by atoms with E-state index in [4.69, 9.17) is 5.11 Å². The molecule has 0 amide bonds. The maximum absolute atomic E-state index is 10.8. The first-order valence-corrected chi connectivity index (χ1v) is 5.87. The molecular formula is C12H21N3O2. The Labute approximate surface area is 102 Å². The van der Waals surface area contributed by atoms with E-state index in [0.29, 0.717) is 6.54 Å². The molecule has 1 aromatic rings. The van der Waals surface area contributed by atoms with Gasteiger partial charge in [0, 0.05) is 20.1 Å². The average Bonchev–Trinajstić information content (AvgIpc) is 2.59. The molecule has 0 saturated heterocycles. The molecule has 0 aliphatic heterocycles. The number of hydrogen-bond acceptors (Lipinski definition) is 3. The highest BCUT2D eigenvalue weighted by Crippen LogP contribution is 2.08. The van der Waals surface area contributed by atoms with E-state index in [-0.39, 0.29) is 5.92 Å². The van der Waals surface area contributed by atoms with Crippen molar-refractivity contribution in [2.24, 2.45) is 13.0 Å². The summed E-state index contributed by atoms with van der Waals surface area (Å²) in [6.07, 6.45) is 0.920. The van der Waals surface area contributed by atoms with Gasteiger partial charge in [0.1, 0.15) is 0 Å². The van der Waals surface area contributed by atoms with E-state index in [9.17, 15) is 4.79 Å². The van der Waals surface area contributed by atoms with E-state index >= 15 is 0 Å². The first-order chi connectivity index (χ1) is 7.93. The van der Waals surface area contributed by atoms with Crippen molar-refractivity contribution in [1.29, 1.82) is 0 Å². The maximum atomic E-state index is 10.8. The summed E-state index contributed by atoms with van der Waals surface area (Å²) in [4.78, 5) is 12.8. The lowest BCUT2D eigenvalue weighted by atomic mass is 10.2. The molecule has 0 spiro atoms. The predicted octanol–water partition coefficient (Wildman–Crippen LogP) is 1.13. The van der Waals surface area contributed by atoms with Gasteiger partial charge in [0.25, 0.3) is 0 Å². The lowest BCUT2D eigenvalue weighted by Crippen LogP contribution is -2.28. The van der Waals surface area contributed by atoms with Crippen LogP contribution in [0.2, 0.25) is 0 Å². The zero-order valence-corrected chi connectivity index (χ0v) is 11.0. The number of carboxylic acid groups (broad SMARTS) is 1. The molecule has 5 nitrogen and oxygen atoms in total. The van der Waals surface area contributed by atoms with Gasteiger partial charge in [-0.05, 0) is 19.5 Å². The number of aliphatic carboxylic acids is 1. The molecule has 5 heteroatoms. The van der Waals surface area contributed by atoms with Gasteiger partial charge in [0.2, 0.25) is 0 Å². The van der Waals surface area contributed by atoms with Crippen LogP contribution in [-0.4, -0.2) is 39.3 Å². The fourth-order valence-electron chi connectivity index (χ4n) is 1.78. The Balaban J connectivity index is 2.58. The summed E-state index contributed by atoms with van der Waals surface area (Å²) in [6.45, 7) is 5.06. The van der Waals surface area contributed by atoms with Crippen LogP contribution in [0.5, 0.6) is 0 Å². The molecule has 1 unspecified atom stereocenters. The van der Waals surface area contributed by atoms with E-state index in [0.717, 1.165) is 24.4 Å². The van der Waals surface area contributed by atoms with Crippen molar-refractivity contribution in [2.45, 2.75) is 26.8 Å². The third-order valence-electron chi connectivity index (χ3n) is 2.83. The maximum Gasteiger partial charge on any atom is 0.307 e. The Bertz CT molecular complexity index is 387. The molecule has 0 aliphatic rings. The first-order valence-electron chi connectivity index (χ1n) is 5.87. The minimum Gasteiger partial charge on any atom is -0.481 e. The Morgan fingerprint density at radius 1 is 1.65 bits per heavy atom. The number of aromatic nitrogens is 2. The molecular weight excluding hydrogens is 218 g/mol. The highest BCUT2D eigenvalue weighted by Gasteiger charge is 2.14. The van der Waals surface area contributed by atoms with Crippen LogP contribution < -0.4 is 0 Å². The van der Waals surface area contributed by atoms with Crippen molar-refractivity contribution >= 4 is 5.97 Å². The average molecular weight is 239 g/mol. The highest BCUT2D eigenvalue weighted by molar-refractivity contribution is 5.69. The van der Waals surface area contributed by atoms with Crippen LogP contribution in [0.25, 0.3) is 0 Å². The van der Waals surface area contributed by atoms with E-state index in [1.807, 2.05) is 23.7 Å². The second-order valence-electron chi connectivity index (χ2n) is 4.54. The standard InChI is InChI=1S/C12H21N3O2/c1-5-10-6-11(15(4)13-10)8-14(3)7-9(2)12(16)17/h6,9H,5,7-8H2,1-4H3,(H,16,17). The summed E-state index contributed by atoms with van der Waals surface area (Å²) < 4.78 is 1.86. The molecule has 0 saturated carbocycles. The third kappa shape index (κ3) is 3.85. The minimum atomic E-state index is -0.754. The van der Waals surface area contributed by atoms with Crippen molar-refractivity contribution < 1.29 is 9.90 Å².